The highest BCUT2D eigenvalue weighted by Crippen LogP contribution is 2.24. The molecule has 1 aromatic heterocycles. The lowest BCUT2D eigenvalue weighted by Crippen LogP contribution is -2.22. The first-order chi connectivity index (χ1) is 8.99. The summed E-state index contributed by atoms with van der Waals surface area (Å²) in [6.07, 6.45) is 1.70. The Labute approximate surface area is 110 Å². The van der Waals surface area contributed by atoms with Crippen LogP contribution >= 0.6 is 0 Å². The molecular weight excluding hydrogens is 246 g/mol. The largest absolute Gasteiger partial charge is 0.504 e. The molecule has 0 fully saturated rings. The Kier molecular flexibility index (Phi) is 3.41. The van der Waals surface area contributed by atoms with E-state index in [9.17, 15) is 15.0 Å². The molecule has 0 saturated heterocycles. The molecule has 0 saturated carbocycles. The van der Waals surface area contributed by atoms with Crippen LogP contribution in [0.3, 0.4) is 0 Å². The van der Waals surface area contributed by atoms with Crippen molar-refractivity contribution in [2.45, 2.75) is 13.5 Å². The minimum Gasteiger partial charge on any atom is -0.504 e. The molecule has 0 radical (unpaired) electrons. The third-order valence-electron chi connectivity index (χ3n) is 3.01. The number of hydrogen-bond donors (Lipinski definition) is 3. The highest BCUT2D eigenvalue weighted by atomic mass is 16.3. The number of aromatic hydroxyl groups is 2. The Balaban J connectivity index is 2.05. The molecule has 0 aliphatic heterocycles. The van der Waals surface area contributed by atoms with Crippen molar-refractivity contribution in [1.29, 1.82) is 0 Å². The van der Waals surface area contributed by atoms with Crippen molar-refractivity contribution < 1.29 is 15.0 Å². The van der Waals surface area contributed by atoms with Gasteiger partial charge in [-0.25, -0.2) is 0 Å². The van der Waals surface area contributed by atoms with Crippen LogP contribution in [-0.2, 0) is 13.6 Å². The van der Waals surface area contributed by atoms with Gasteiger partial charge in [-0.2, -0.15) is 5.10 Å². The zero-order chi connectivity index (χ0) is 14.0. The summed E-state index contributed by atoms with van der Waals surface area (Å²) < 4.78 is 1.73. The monoisotopic (exact) mass is 261 g/mol. The molecule has 6 nitrogen and oxygen atoms in total. The maximum atomic E-state index is 11.9. The van der Waals surface area contributed by atoms with Gasteiger partial charge in [-0.15, -0.1) is 0 Å². The van der Waals surface area contributed by atoms with Crippen LogP contribution in [0.5, 0.6) is 11.5 Å². The lowest BCUT2D eigenvalue weighted by atomic mass is 10.2. The van der Waals surface area contributed by atoms with Crippen molar-refractivity contribution in [3.63, 3.8) is 0 Å². The van der Waals surface area contributed by atoms with Gasteiger partial charge in [0.05, 0.1) is 6.20 Å². The minimum atomic E-state index is -0.321. The topological polar surface area (TPSA) is 87.4 Å². The lowest BCUT2D eigenvalue weighted by molar-refractivity contribution is 0.0950. The molecular formula is C13H15N3O3. The van der Waals surface area contributed by atoms with Crippen LogP contribution in [0.25, 0.3) is 0 Å². The van der Waals surface area contributed by atoms with Crippen molar-refractivity contribution in [3.8, 4) is 11.5 Å². The number of aryl methyl sites for hydroxylation is 1. The van der Waals surface area contributed by atoms with E-state index in [1.807, 2.05) is 14.0 Å². The second-order valence-electron chi connectivity index (χ2n) is 4.26. The smallest absolute Gasteiger partial charge is 0.251 e. The average Bonchev–Trinajstić information content (AvgIpc) is 2.70. The number of benzene rings is 1. The number of nitrogens with zero attached hydrogens (tertiary/aromatic N) is 2. The van der Waals surface area contributed by atoms with Gasteiger partial charge in [0.25, 0.3) is 5.91 Å². The number of nitrogens with one attached hydrogen (secondary N) is 1. The summed E-state index contributed by atoms with van der Waals surface area (Å²) in [5.74, 6) is -0.886. The fourth-order valence-electron chi connectivity index (χ4n) is 1.66. The van der Waals surface area contributed by atoms with E-state index >= 15 is 0 Å². The predicted octanol–water partition coefficient (Wildman–Crippen LogP) is 1.07. The first-order valence-electron chi connectivity index (χ1n) is 5.76. The summed E-state index contributed by atoms with van der Waals surface area (Å²) in [4.78, 5) is 11.9. The minimum absolute atomic E-state index is 0.250. The van der Waals surface area contributed by atoms with Gasteiger partial charge >= 0.3 is 0 Å². The summed E-state index contributed by atoms with van der Waals surface area (Å²) in [7, 11) is 1.83. The van der Waals surface area contributed by atoms with Gasteiger partial charge in [-0.1, -0.05) is 0 Å². The molecule has 0 bridgehead atoms. The molecule has 1 amide bonds. The second kappa shape index (κ2) is 5.01. The van der Waals surface area contributed by atoms with Crippen molar-refractivity contribution in [3.05, 3.63) is 41.2 Å². The molecule has 6 heteroatoms. The van der Waals surface area contributed by atoms with Gasteiger partial charge in [-0.3, -0.25) is 9.48 Å². The average molecular weight is 261 g/mol. The SMILES string of the molecule is Cc1c(CNC(=O)c2ccc(O)c(O)c2)cnn1C. The van der Waals surface area contributed by atoms with E-state index in [-0.39, 0.29) is 23.0 Å². The first-order valence-corrected chi connectivity index (χ1v) is 5.76. The molecule has 19 heavy (non-hydrogen) atoms. The van der Waals surface area contributed by atoms with Crippen LogP contribution < -0.4 is 5.32 Å². The predicted molar refractivity (Wildman–Crippen MR) is 68.9 cm³/mol. The maximum absolute atomic E-state index is 11.9. The molecule has 0 aliphatic rings. The van der Waals surface area contributed by atoms with E-state index in [1.165, 1.54) is 18.2 Å². The Bertz CT molecular complexity index is 620. The molecule has 1 aromatic carbocycles. The molecule has 3 N–H and O–H groups in total. The van der Waals surface area contributed by atoms with Gasteiger partial charge in [0.15, 0.2) is 11.5 Å². The van der Waals surface area contributed by atoms with Crippen LogP contribution in [0, 0.1) is 6.92 Å². The number of phenols is 2. The standard InChI is InChI=1S/C13H15N3O3/c1-8-10(7-15-16(8)2)6-14-13(19)9-3-4-11(17)12(18)5-9/h3-5,7,17-18H,6H2,1-2H3,(H,14,19). The summed E-state index contributed by atoms with van der Waals surface area (Å²) in [6, 6.07) is 3.95. The number of rotatable bonds is 3. The number of aromatic nitrogens is 2. The highest BCUT2D eigenvalue weighted by molar-refractivity contribution is 5.94. The van der Waals surface area contributed by atoms with Gasteiger partial charge in [0, 0.05) is 30.4 Å². The van der Waals surface area contributed by atoms with Crippen molar-refractivity contribution in [2.24, 2.45) is 7.05 Å². The normalized spacial score (nSPS) is 10.4. The van der Waals surface area contributed by atoms with E-state index in [0.717, 1.165) is 11.3 Å². The molecule has 0 unspecified atom stereocenters. The summed E-state index contributed by atoms with van der Waals surface area (Å²) in [5, 5.41) is 25.3. The second-order valence-corrected chi connectivity index (χ2v) is 4.26. The third kappa shape index (κ3) is 2.67. The van der Waals surface area contributed by atoms with Gasteiger partial charge in [-0.05, 0) is 25.1 Å². The molecule has 0 aliphatic carbocycles. The Hall–Kier alpha value is -2.50. The van der Waals surface area contributed by atoms with E-state index in [4.69, 9.17) is 0 Å². The molecule has 100 valence electrons. The number of carbonyl (C=O) groups is 1. The van der Waals surface area contributed by atoms with Gasteiger partial charge < -0.3 is 15.5 Å². The zero-order valence-electron chi connectivity index (χ0n) is 10.7. The van der Waals surface area contributed by atoms with E-state index in [0.29, 0.717) is 6.54 Å². The molecule has 1 heterocycles. The molecule has 0 spiro atoms. The Morgan fingerprint density at radius 3 is 2.68 bits per heavy atom. The van der Waals surface area contributed by atoms with Crippen molar-refractivity contribution in [2.75, 3.05) is 0 Å². The number of amides is 1. The number of hydrogen-bond acceptors (Lipinski definition) is 4. The van der Waals surface area contributed by atoms with Crippen LogP contribution in [0.4, 0.5) is 0 Å². The maximum Gasteiger partial charge on any atom is 0.251 e. The van der Waals surface area contributed by atoms with Crippen LogP contribution in [0.1, 0.15) is 21.6 Å². The molecule has 0 atom stereocenters. The van der Waals surface area contributed by atoms with Gasteiger partial charge in [0.2, 0.25) is 0 Å². The number of carbonyl (C=O) groups excluding carboxylic acids is 1. The third-order valence-corrected chi connectivity index (χ3v) is 3.01. The lowest BCUT2D eigenvalue weighted by Gasteiger charge is -2.06. The van der Waals surface area contributed by atoms with Crippen LogP contribution in [-0.4, -0.2) is 25.9 Å². The van der Waals surface area contributed by atoms with Crippen molar-refractivity contribution >= 4 is 5.91 Å². The van der Waals surface area contributed by atoms with E-state index in [1.54, 1.807) is 10.9 Å². The fourth-order valence-corrected chi connectivity index (χ4v) is 1.66. The summed E-state index contributed by atoms with van der Waals surface area (Å²) in [6.45, 7) is 2.28. The molecule has 2 aromatic rings. The zero-order valence-corrected chi connectivity index (χ0v) is 10.7. The van der Waals surface area contributed by atoms with Gasteiger partial charge in [0.1, 0.15) is 0 Å². The van der Waals surface area contributed by atoms with Crippen molar-refractivity contribution in [1.82, 2.24) is 15.1 Å². The highest BCUT2D eigenvalue weighted by Gasteiger charge is 2.10. The quantitative estimate of drug-likeness (QED) is 0.721. The van der Waals surface area contributed by atoms with Crippen LogP contribution in [0.15, 0.2) is 24.4 Å². The first kappa shape index (κ1) is 12.9. The molecule has 2 rings (SSSR count). The summed E-state index contributed by atoms with van der Waals surface area (Å²) in [5.41, 5.74) is 2.20. The number of phenolic OH excluding ortho intramolecular Hbond substituents is 2. The fraction of sp³-hybridized carbons (Fsp3) is 0.231. The Morgan fingerprint density at radius 1 is 1.37 bits per heavy atom. The van der Waals surface area contributed by atoms with E-state index < -0.39 is 0 Å². The Morgan fingerprint density at radius 2 is 2.11 bits per heavy atom. The van der Waals surface area contributed by atoms with Crippen LogP contribution in [0.2, 0.25) is 0 Å². The van der Waals surface area contributed by atoms with E-state index in [2.05, 4.69) is 10.4 Å². The summed E-state index contributed by atoms with van der Waals surface area (Å²) >= 11 is 0.